The van der Waals surface area contributed by atoms with Gasteiger partial charge in [0.25, 0.3) is 0 Å². The van der Waals surface area contributed by atoms with E-state index in [-0.39, 0.29) is 5.11 Å². The molecule has 27 heavy (non-hydrogen) atoms. The Balaban J connectivity index is 1.61. The van der Waals surface area contributed by atoms with Crippen LogP contribution in [0.4, 0.5) is 5.69 Å². The van der Waals surface area contributed by atoms with Crippen LogP contribution >= 0.6 is 23.8 Å². The first-order valence-electron chi connectivity index (χ1n) is 9.01. The van der Waals surface area contributed by atoms with Crippen molar-refractivity contribution in [3.63, 3.8) is 0 Å². The number of thiocarbonyl (C=S) groups is 1. The molecule has 0 radical (unpaired) electrons. The van der Waals surface area contributed by atoms with Gasteiger partial charge in [0.1, 0.15) is 0 Å². The van der Waals surface area contributed by atoms with Crippen molar-refractivity contribution in [2.24, 2.45) is 10.8 Å². The fourth-order valence-electron chi connectivity index (χ4n) is 3.21. The molecule has 2 aromatic carbocycles. The van der Waals surface area contributed by atoms with E-state index in [1.165, 1.54) is 5.56 Å². The maximum atomic E-state index is 6.42. The SMILES string of the molecule is NC(=S)NN=Cc1ccc(N2CCCN(Cc3ccccc3)CC2)cc1Cl. The van der Waals surface area contributed by atoms with Gasteiger partial charge in [-0.1, -0.05) is 41.9 Å². The summed E-state index contributed by atoms with van der Waals surface area (Å²) in [6.07, 6.45) is 2.75. The largest absolute Gasteiger partial charge is 0.375 e. The summed E-state index contributed by atoms with van der Waals surface area (Å²) < 4.78 is 0. The lowest BCUT2D eigenvalue weighted by molar-refractivity contribution is 0.285. The van der Waals surface area contributed by atoms with Crippen LogP contribution in [0.5, 0.6) is 0 Å². The summed E-state index contributed by atoms with van der Waals surface area (Å²) in [5, 5.41) is 4.75. The highest BCUT2D eigenvalue weighted by atomic mass is 35.5. The fraction of sp³-hybridized carbons (Fsp3) is 0.300. The summed E-state index contributed by atoms with van der Waals surface area (Å²) in [5.74, 6) is 0. The molecule has 1 aliphatic heterocycles. The number of halogens is 1. The standard InChI is InChI=1S/C20H24ClN5S/c21-19-13-18(8-7-17(19)14-23-24-20(22)27)26-10-4-9-25(11-12-26)15-16-5-2-1-3-6-16/h1-3,5-8,13-14H,4,9-12,15H2,(H3,22,24,27). The van der Waals surface area contributed by atoms with Gasteiger partial charge in [-0.2, -0.15) is 5.10 Å². The Morgan fingerprint density at radius 3 is 2.70 bits per heavy atom. The van der Waals surface area contributed by atoms with Gasteiger partial charge in [0, 0.05) is 44.0 Å². The number of nitrogens with two attached hydrogens (primary N) is 1. The second-order valence-electron chi connectivity index (χ2n) is 6.54. The normalized spacial score (nSPS) is 15.7. The van der Waals surface area contributed by atoms with E-state index in [1.807, 2.05) is 12.1 Å². The van der Waals surface area contributed by atoms with Crippen molar-refractivity contribution in [3.8, 4) is 0 Å². The van der Waals surface area contributed by atoms with Gasteiger partial charge in [-0.15, -0.1) is 0 Å². The Kier molecular flexibility index (Phi) is 7.04. The highest BCUT2D eigenvalue weighted by Gasteiger charge is 2.16. The van der Waals surface area contributed by atoms with Crippen LogP contribution in [0.15, 0.2) is 53.6 Å². The summed E-state index contributed by atoms with van der Waals surface area (Å²) in [4.78, 5) is 4.91. The molecule has 1 saturated heterocycles. The monoisotopic (exact) mass is 401 g/mol. The molecule has 0 spiro atoms. The summed E-state index contributed by atoms with van der Waals surface area (Å²) in [7, 11) is 0. The lowest BCUT2D eigenvalue weighted by atomic mass is 10.2. The van der Waals surface area contributed by atoms with Gasteiger partial charge < -0.3 is 10.6 Å². The first-order valence-corrected chi connectivity index (χ1v) is 9.80. The van der Waals surface area contributed by atoms with E-state index in [1.54, 1.807) is 6.21 Å². The van der Waals surface area contributed by atoms with E-state index >= 15 is 0 Å². The molecule has 0 aliphatic carbocycles. The number of anilines is 1. The van der Waals surface area contributed by atoms with Crippen molar-refractivity contribution < 1.29 is 0 Å². The zero-order chi connectivity index (χ0) is 19.1. The quantitative estimate of drug-likeness (QED) is 0.457. The van der Waals surface area contributed by atoms with Gasteiger partial charge in [0.15, 0.2) is 5.11 Å². The summed E-state index contributed by atoms with van der Waals surface area (Å²) in [6, 6.07) is 16.7. The minimum atomic E-state index is 0.128. The maximum absolute atomic E-state index is 6.42. The van der Waals surface area contributed by atoms with E-state index in [9.17, 15) is 0 Å². The molecule has 0 atom stereocenters. The molecule has 142 valence electrons. The van der Waals surface area contributed by atoms with Crippen LogP contribution in [0.1, 0.15) is 17.5 Å². The smallest absolute Gasteiger partial charge is 0.184 e. The second-order valence-corrected chi connectivity index (χ2v) is 7.39. The number of rotatable bonds is 5. The van der Waals surface area contributed by atoms with Crippen molar-refractivity contribution in [1.29, 1.82) is 0 Å². The van der Waals surface area contributed by atoms with Crippen LogP contribution in [0, 0.1) is 0 Å². The van der Waals surface area contributed by atoms with Crippen LogP contribution < -0.4 is 16.1 Å². The second kappa shape index (κ2) is 9.69. The molecule has 0 unspecified atom stereocenters. The predicted molar refractivity (Wildman–Crippen MR) is 118 cm³/mol. The Hall–Kier alpha value is -2.15. The van der Waals surface area contributed by atoms with Crippen molar-refractivity contribution in [2.75, 3.05) is 31.1 Å². The minimum absolute atomic E-state index is 0.128. The molecule has 1 aliphatic rings. The highest BCUT2D eigenvalue weighted by Crippen LogP contribution is 2.24. The first kappa shape index (κ1) is 19.6. The molecule has 3 N–H and O–H groups in total. The van der Waals surface area contributed by atoms with Crippen molar-refractivity contribution >= 4 is 40.8 Å². The van der Waals surface area contributed by atoms with E-state index in [0.717, 1.165) is 50.4 Å². The molecule has 2 aromatic rings. The van der Waals surface area contributed by atoms with Gasteiger partial charge in [0.05, 0.1) is 11.2 Å². The molecule has 7 heteroatoms. The Labute approximate surface area is 170 Å². The summed E-state index contributed by atoms with van der Waals surface area (Å²) in [6.45, 7) is 5.15. The molecule has 5 nitrogen and oxygen atoms in total. The van der Waals surface area contributed by atoms with Gasteiger partial charge in [-0.05, 0) is 42.4 Å². The number of hydrogen-bond donors (Lipinski definition) is 2. The highest BCUT2D eigenvalue weighted by molar-refractivity contribution is 7.80. The third kappa shape index (κ3) is 5.92. The zero-order valence-electron chi connectivity index (χ0n) is 15.1. The lowest BCUT2D eigenvalue weighted by Crippen LogP contribution is -2.30. The van der Waals surface area contributed by atoms with Crippen LogP contribution in [-0.2, 0) is 6.54 Å². The molecule has 1 fully saturated rings. The Morgan fingerprint density at radius 1 is 1.15 bits per heavy atom. The topological polar surface area (TPSA) is 56.9 Å². The van der Waals surface area contributed by atoms with Crippen LogP contribution in [0.2, 0.25) is 5.02 Å². The number of benzene rings is 2. The molecule has 0 aromatic heterocycles. The van der Waals surface area contributed by atoms with Gasteiger partial charge in [0.2, 0.25) is 0 Å². The van der Waals surface area contributed by atoms with E-state index in [0.29, 0.717) is 5.02 Å². The van der Waals surface area contributed by atoms with Gasteiger partial charge in [-0.25, -0.2) is 0 Å². The van der Waals surface area contributed by atoms with Crippen molar-refractivity contribution in [1.82, 2.24) is 10.3 Å². The predicted octanol–water partition coefficient (Wildman–Crippen LogP) is 3.22. The molecule has 1 heterocycles. The van der Waals surface area contributed by atoms with Crippen molar-refractivity contribution in [2.45, 2.75) is 13.0 Å². The molecular formula is C20H24ClN5S. The van der Waals surface area contributed by atoms with E-state index < -0.39 is 0 Å². The van der Waals surface area contributed by atoms with E-state index in [2.05, 4.69) is 56.7 Å². The maximum Gasteiger partial charge on any atom is 0.184 e. The summed E-state index contributed by atoms with van der Waals surface area (Å²) >= 11 is 11.1. The van der Waals surface area contributed by atoms with Crippen LogP contribution in [0.25, 0.3) is 0 Å². The van der Waals surface area contributed by atoms with Crippen molar-refractivity contribution in [3.05, 3.63) is 64.7 Å². The van der Waals surface area contributed by atoms with Gasteiger partial charge >= 0.3 is 0 Å². The lowest BCUT2D eigenvalue weighted by Gasteiger charge is -2.24. The zero-order valence-corrected chi connectivity index (χ0v) is 16.7. The average Bonchev–Trinajstić information content (AvgIpc) is 2.89. The van der Waals surface area contributed by atoms with Crippen LogP contribution in [0.3, 0.4) is 0 Å². The number of hydrazone groups is 1. The molecule has 0 amide bonds. The Bertz CT molecular complexity index is 796. The molecular weight excluding hydrogens is 378 g/mol. The first-order chi connectivity index (χ1) is 13.1. The van der Waals surface area contributed by atoms with E-state index in [4.69, 9.17) is 29.6 Å². The molecule has 0 bridgehead atoms. The third-order valence-electron chi connectivity index (χ3n) is 4.57. The number of nitrogens with one attached hydrogen (secondary N) is 1. The van der Waals surface area contributed by atoms with Crippen LogP contribution in [-0.4, -0.2) is 42.4 Å². The number of nitrogens with zero attached hydrogens (tertiary/aromatic N) is 3. The average molecular weight is 402 g/mol. The minimum Gasteiger partial charge on any atom is -0.375 e. The number of hydrogen-bond acceptors (Lipinski definition) is 4. The molecule has 3 rings (SSSR count). The van der Waals surface area contributed by atoms with Gasteiger partial charge in [-0.3, -0.25) is 10.3 Å². The summed E-state index contributed by atoms with van der Waals surface area (Å²) in [5.41, 5.74) is 11.2. The Morgan fingerprint density at radius 2 is 1.96 bits per heavy atom. The molecule has 0 saturated carbocycles. The fourth-order valence-corrected chi connectivity index (χ4v) is 3.49. The third-order valence-corrected chi connectivity index (χ3v) is 4.98.